The number of aryl methyl sites for hydroxylation is 1. The van der Waals surface area contributed by atoms with E-state index >= 15 is 0 Å². The van der Waals surface area contributed by atoms with Crippen molar-refractivity contribution < 1.29 is 18.0 Å². The largest absolute Gasteiger partial charge is 0.357 e. The van der Waals surface area contributed by atoms with Crippen molar-refractivity contribution in [1.29, 1.82) is 0 Å². The third kappa shape index (κ3) is 6.76. The summed E-state index contributed by atoms with van der Waals surface area (Å²) in [7, 11) is -2.72. The van der Waals surface area contributed by atoms with Crippen LogP contribution in [0.2, 0.25) is 15.1 Å². The highest BCUT2D eigenvalue weighted by molar-refractivity contribution is 7.92. The van der Waals surface area contributed by atoms with Gasteiger partial charge in [-0.2, -0.15) is 0 Å². The fraction of sp³-hybridized carbons (Fsp3) is 0.231. The highest BCUT2D eigenvalue weighted by Gasteiger charge is 2.33. The smallest absolute Gasteiger partial charge is 0.264 e. The highest BCUT2D eigenvalue weighted by Crippen LogP contribution is 2.29. The SMILES string of the molecule is CNC(=O)C(C)N(Cc1ccc(Cl)cc1Cl)C(=O)CN(c1ccccc1C)S(=O)(=O)c1ccc(Cl)cc1. The number of hydrogen-bond acceptors (Lipinski definition) is 4. The molecule has 7 nitrogen and oxygen atoms in total. The Morgan fingerprint density at radius 3 is 2.16 bits per heavy atom. The molecule has 0 spiro atoms. The van der Waals surface area contributed by atoms with Gasteiger partial charge in [0.25, 0.3) is 10.0 Å². The molecule has 0 fully saturated rings. The number of nitrogens with one attached hydrogen (secondary N) is 1. The number of likely N-dealkylation sites (N-methyl/N-ethyl adjacent to an activating group) is 1. The van der Waals surface area contributed by atoms with Crippen molar-refractivity contribution in [3.63, 3.8) is 0 Å². The van der Waals surface area contributed by atoms with Gasteiger partial charge in [0.2, 0.25) is 11.8 Å². The summed E-state index contributed by atoms with van der Waals surface area (Å²) in [4.78, 5) is 27.6. The molecule has 0 aliphatic heterocycles. The number of halogens is 3. The van der Waals surface area contributed by atoms with E-state index in [0.29, 0.717) is 31.9 Å². The monoisotopic (exact) mass is 581 g/mol. The molecule has 0 aliphatic carbocycles. The Bertz CT molecular complexity index is 1400. The minimum atomic E-state index is -4.18. The van der Waals surface area contributed by atoms with E-state index in [1.165, 1.54) is 42.3 Å². The molecule has 0 aliphatic rings. The first-order valence-electron chi connectivity index (χ1n) is 11.2. The van der Waals surface area contributed by atoms with Crippen LogP contribution in [0.3, 0.4) is 0 Å². The zero-order valence-corrected chi connectivity index (χ0v) is 23.5. The van der Waals surface area contributed by atoms with Gasteiger partial charge in [0, 0.05) is 28.7 Å². The second-order valence-corrected chi connectivity index (χ2v) is 11.4. The minimum Gasteiger partial charge on any atom is -0.357 e. The van der Waals surface area contributed by atoms with Gasteiger partial charge in [-0.1, -0.05) is 59.1 Å². The van der Waals surface area contributed by atoms with Crippen molar-refractivity contribution in [3.05, 3.63) is 92.9 Å². The number of rotatable bonds is 9. The molecule has 0 bridgehead atoms. The lowest BCUT2D eigenvalue weighted by molar-refractivity contribution is -0.139. The average molecular weight is 583 g/mol. The predicted octanol–water partition coefficient (Wildman–Crippen LogP) is 5.31. The van der Waals surface area contributed by atoms with Gasteiger partial charge in [-0.25, -0.2) is 8.42 Å². The van der Waals surface area contributed by atoms with Gasteiger partial charge in [-0.3, -0.25) is 13.9 Å². The van der Waals surface area contributed by atoms with Crippen LogP contribution >= 0.6 is 34.8 Å². The summed E-state index contributed by atoms with van der Waals surface area (Å²) in [5, 5.41) is 3.65. The topological polar surface area (TPSA) is 86.8 Å². The molecule has 0 radical (unpaired) electrons. The first-order valence-corrected chi connectivity index (χ1v) is 13.8. The molecular weight excluding hydrogens is 557 g/mol. The van der Waals surface area contributed by atoms with Crippen LogP contribution in [0.5, 0.6) is 0 Å². The maximum absolute atomic E-state index is 13.8. The van der Waals surface area contributed by atoms with Crippen LogP contribution in [0.15, 0.2) is 71.6 Å². The van der Waals surface area contributed by atoms with Crippen LogP contribution in [0.1, 0.15) is 18.1 Å². The van der Waals surface area contributed by atoms with E-state index < -0.39 is 34.4 Å². The van der Waals surface area contributed by atoms with E-state index in [2.05, 4.69) is 5.32 Å². The molecule has 2 amide bonds. The average Bonchev–Trinajstić information content (AvgIpc) is 2.86. The summed E-state index contributed by atoms with van der Waals surface area (Å²) in [5.74, 6) is -1.01. The van der Waals surface area contributed by atoms with Gasteiger partial charge >= 0.3 is 0 Å². The molecule has 1 N–H and O–H groups in total. The van der Waals surface area contributed by atoms with Gasteiger partial charge in [-0.05, 0) is 67.4 Å². The van der Waals surface area contributed by atoms with Crippen molar-refractivity contribution in [2.24, 2.45) is 0 Å². The second-order valence-electron chi connectivity index (χ2n) is 8.30. The first kappa shape index (κ1) is 28.8. The van der Waals surface area contributed by atoms with E-state index in [9.17, 15) is 18.0 Å². The van der Waals surface area contributed by atoms with Crippen molar-refractivity contribution in [2.75, 3.05) is 17.9 Å². The molecule has 196 valence electrons. The van der Waals surface area contributed by atoms with E-state index in [1.807, 2.05) is 0 Å². The molecule has 1 unspecified atom stereocenters. The Balaban J connectivity index is 2.06. The van der Waals surface area contributed by atoms with Crippen LogP contribution in [0.4, 0.5) is 5.69 Å². The van der Waals surface area contributed by atoms with Gasteiger partial charge in [-0.15, -0.1) is 0 Å². The number of carbonyl (C=O) groups excluding carboxylic acids is 2. The quantitative estimate of drug-likeness (QED) is 0.370. The third-order valence-electron chi connectivity index (χ3n) is 5.83. The lowest BCUT2D eigenvalue weighted by Gasteiger charge is -2.32. The van der Waals surface area contributed by atoms with Crippen molar-refractivity contribution >= 4 is 62.3 Å². The maximum atomic E-state index is 13.8. The predicted molar refractivity (Wildman–Crippen MR) is 148 cm³/mol. The molecule has 0 saturated carbocycles. The Labute approximate surface area is 232 Å². The number of amides is 2. The zero-order valence-electron chi connectivity index (χ0n) is 20.4. The van der Waals surface area contributed by atoms with Crippen LogP contribution in [0, 0.1) is 6.92 Å². The normalized spacial score (nSPS) is 12.1. The van der Waals surface area contributed by atoms with Crippen LogP contribution in [-0.2, 0) is 26.2 Å². The molecule has 0 heterocycles. The summed E-state index contributed by atoms with van der Waals surface area (Å²) < 4.78 is 28.6. The molecule has 0 aromatic heterocycles. The number of nitrogens with zero attached hydrogens (tertiary/aromatic N) is 2. The maximum Gasteiger partial charge on any atom is 0.264 e. The molecule has 3 rings (SSSR count). The fourth-order valence-corrected chi connectivity index (χ4v) is 5.79. The standard InChI is InChI=1S/C26H26Cl3N3O4S/c1-17-6-4-5-7-24(17)32(37(35,36)22-12-10-20(27)11-13-22)16-25(33)31(18(2)26(34)30-3)15-19-8-9-21(28)14-23(19)29/h4-14,18H,15-16H2,1-3H3,(H,30,34). The summed E-state index contributed by atoms with van der Waals surface area (Å²) in [5.41, 5.74) is 1.54. The molecule has 37 heavy (non-hydrogen) atoms. The van der Waals surface area contributed by atoms with Crippen LogP contribution in [-0.4, -0.2) is 44.8 Å². The van der Waals surface area contributed by atoms with Gasteiger partial charge in [0.15, 0.2) is 0 Å². The van der Waals surface area contributed by atoms with Gasteiger partial charge in [0.1, 0.15) is 12.6 Å². The molecular formula is C26H26Cl3N3O4S. The molecule has 0 saturated heterocycles. The molecule has 3 aromatic rings. The summed E-state index contributed by atoms with van der Waals surface area (Å²) >= 11 is 18.3. The Kier molecular flexibility index (Phi) is 9.47. The van der Waals surface area contributed by atoms with E-state index in [0.717, 1.165) is 4.31 Å². The van der Waals surface area contributed by atoms with Crippen LogP contribution in [0.25, 0.3) is 0 Å². The molecule has 11 heteroatoms. The first-order chi connectivity index (χ1) is 17.4. The van der Waals surface area contributed by atoms with Crippen molar-refractivity contribution in [2.45, 2.75) is 31.3 Å². The zero-order chi connectivity index (χ0) is 27.3. The number of benzene rings is 3. The lowest BCUT2D eigenvalue weighted by atomic mass is 10.1. The van der Waals surface area contributed by atoms with Gasteiger partial charge < -0.3 is 10.2 Å². The van der Waals surface area contributed by atoms with E-state index in [1.54, 1.807) is 50.2 Å². The van der Waals surface area contributed by atoms with E-state index in [-0.39, 0.29) is 11.4 Å². The number of carbonyl (C=O) groups is 2. The van der Waals surface area contributed by atoms with Crippen molar-refractivity contribution in [1.82, 2.24) is 10.2 Å². The number of sulfonamides is 1. The minimum absolute atomic E-state index is 0.0281. The Morgan fingerprint density at radius 1 is 0.946 bits per heavy atom. The Hall–Kier alpha value is -2.78. The highest BCUT2D eigenvalue weighted by atomic mass is 35.5. The molecule has 3 aromatic carbocycles. The second kappa shape index (κ2) is 12.2. The fourth-order valence-electron chi connectivity index (χ4n) is 3.72. The Morgan fingerprint density at radius 2 is 1.57 bits per heavy atom. The van der Waals surface area contributed by atoms with Gasteiger partial charge in [0.05, 0.1) is 10.6 Å². The number of para-hydroxylation sites is 1. The third-order valence-corrected chi connectivity index (χ3v) is 8.45. The van der Waals surface area contributed by atoms with Crippen molar-refractivity contribution in [3.8, 4) is 0 Å². The van der Waals surface area contributed by atoms with E-state index in [4.69, 9.17) is 34.8 Å². The van der Waals surface area contributed by atoms with Crippen LogP contribution < -0.4 is 9.62 Å². The number of anilines is 1. The molecule has 1 atom stereocenters. The summed E-state index contributed by atoms with van der Waals surface area (Å²) in [6.07, 6.45) is 0. The number of hydrogen-bond donors (Lipinski definition) is 1. The lowest BCUT2D eigenvalue weighted by Crippen LogP contribution is -2.50. The summed E-state index contributed by atoms with van der Waals surface area (Å²) in [6.45, 7) is 2.73. The summed E-state index contributed by atoms with van der Waals surface area (Å²) in [6, 6.07) is 16.4.